The zero-order valence-electron chi connectivity index (χ0n) is 14.1. The van der Waals surface area contributed by atoms with Gasteiger partial charge in [-0.05, 0) is 37.6 Å². The maximum Gasteiger partial charge on any atom is 0.416 e. The van der Waals surface area contributed by atoms with Gasteiger partial charge in [-0.1, -0.05) is 6.07 Å². The second-order valence-electron chi connectivity index (χ2n) is 6.08. The number of thiazole rings is 1. The molecule has 2 heterocycles. The second kappa shape index (κ2) is 8.05. The van der Waals surface area contributed by atoms with Gasteiger partial charge < -0.3 is 10.6 Å². The van der Waals surface area contributed by atoms with Crippen LogP contribution >= 0.6 is 11.3 Å². The van der Waals surface area contributed by atoms with Gasteiger partial charge in [-0.25, -0.2) is 4.98 Å². The van der Waals surface area contributed by atoms with E-state index in [9.17, 15) is 22.8 Å². The number of carbonyl (C=O) groups is 2. The number of carbonyl (C=O) groups excluding carboxylic acids is 2. The van der Waals surface area contributed by atoms with Gasteiger partial charge in [0.05, 0.1) is 18.2 Å². The van der Waals surface area contributed by atoms with Crippen LogP contribution in [0.2, 0.25) is 0 Å². The van der Waals surface area contributed by atoms with Crippen molar-refractivity contribution in [2.45, 2.75) is 25.1 Å². The van der Waals surface area contributed by atoms with Crippen molar-refractivity contribution >= 4 is 34.0 Å². The summed E-state index contributed by atoms with van der Waals surface area (Å²) in [4.78, 5) is 30.3. The Bertz CT molecular complexity index is 811. The molecule has 144 valence electrons. The molecule has 6 nitrogen and oxygen atoms in total. The van der Waals surface area contributed by atoms with E-state index >= 15 is 0 Å². The molecular formula is C17H17F3N4O2S. The number of nitrogens with one attached hydrogen (secondary N) is 2. The Hall–Kier alpha value is -2.46. The molecule has 1 fully saturated rings. The first-order chi connectivity index (χ1) is 12.8. The van der Waals surface area contributed by atoms with Crippen molar-refractivity contribution in [2.75, 3.05) is 23.7 Å². The Morgan fingerprint density at radius 1 is 1.30 bits per heavy atom. The number of anilines is 2. The smallest absolute Gasteiger partial charge is 0.325 e. The lowest BCUT2D eigenvalue weighted by molar-refractivity contribution is -0.137. The van der Waals surface area contributed by atoms with Gasteiger partial charge in [-0.3, -0.25) is 14.5 Å². The van der Waals surface area contributed by atoms with Crippen LogP contribution in [0.15, 0.2) is 35.8 Å². The predicted molar refractivity (Wildman–Crippen MR) is 95.4 cm³/mol. The predicted octanol–water partition coefficient (Wildman–Crippen LogP) is 3.20. The second-order valence-corrected chi connectivity index (χ2v) is 6.98. The SMILES string of the molecule is O=C(CN1CCC[C@H]1C(=O)Nc1nccs1)Nc1cccc(C(F)(F)F)c1. The molecule has 2 amide bonds. The lowest BCUT2D eigenvalue weighted by Crippen LogP contribution is -2.43. The highest BCUT2D eigenvalue weighted by Crippen LogP contribution is 2.30. The van der Waals surface area contributed by atoms with Crippen LogP contribution in [0.5, 0.6) is 0 Å². The molecule has 1 aliphatic heterocycles. The lowest BCUT2D eigenvalue weighted by atomic mass is 10.2. The molecule has 27 heavy (non-hydrogen) atoms. The molecule has 10 heteroatoms. The standard InChI is InChI=1S/C17H17F3N4O2S/c18-17(19,20)11-3-1-4-12(9-11)22-14(25)10-24-7-2-5-13(24)15(26)23-16-21-6-8-27-16/h1,3-4,6,8-9,13H,2,5,7,10H2,(H,22,25)(H,21,23,26)/t13-/m0/s1. The number of aromatic nitrogens is 1. The monoisotopic (exact) mass is 398 g/mol. The molecule has 0 spiro atoms. The van der Waals surface area contributed by atoms with Gasteiger partial charge >= 0.3 is 6.18 Å². The molecule has 3 rings (SSSR count). The van der Waals surface area contributed by atoms with E-state index in [0.717, 1.165) is 18.6 Å². The summed E-state index contributed by atoms with van der Waals surface area (Å²) in [6.45, 7) is 0.484. The van der Waals surface area contributed by atoms with Crippen LogP contribution in [0.25, 0.3) is 0 Å². The van der Waals surface area contributed by atoms with E-state index < -0.39 is 23.7 Å². The van der Waals surface area contributed by atoms with Crippen molar-refractivity contribution in [3.05, 3.63) is 41.4 Å². The summed E-state index contributed by atoms with van der Waals surface area (Å²) < 4.78 is 38.3. The number of halogens is 3. The van der Waals surface area contributed by atoms with Crippen molar-refractivity contribution in [1.29, 1.82) is 0 Å². The highest BCUT2D eigenvalue weighted by Gasteiger charge is 2.33. The number of likely N-dealkylation sites (tertiary alicyclic amines) is 1. The maximum atomic E-state index is 12.8. The van der Waals surface area contributed by atoms with E-state index in [2.05, 4.69) is 15.6 Å². The Kier molecular flexibility index (Phi) is 5.76. The first kappa shape index (κ1) is 19.3. The third-order valence-electron chi connectivity index (χ3n) is 4.15. The summed E-state index contributed by atoms with van der Waals surface area (Å²) in [5, 5.41) is 7.40. The van der Waals surface area contributed by atoms with Crippen LogP contribution in [-0.4, -0.2) is 40.8 Å². The fourth-order valence-corrected chi connectivity index (χ4v) is 3.48. The molecule has 0 bridgehead atoms. The molecule has 0 aliphatic carbocycles. The highest BCUT2D eigenvalue weighted by atomic mass is 32.1. The van der Waals surface area contributed by atoms with Crippen LogP contribution in [-0.2, 0) is 15.8 Å². The van der Waals surface area contributed by atoms with E-state index in [1.807, 2.05) is 0 Å². The van der Waals surface area contributed by atoms with E-state index in [4.69, 9.17) is 0 Å². The van der Waals surface area contributed by atoms with Crippen molar-refractivity contribution in [3.63, 3.8) is 0 Å². The summed E-state index contributed by atoms with van der Waals surface area (Å²) >= 11 is 1.30. The van der Waals surface area contributed by atoms with Gasteiger partial charge in [0.1, 0.15) is 0 Å². The third-order valence-corrected chi connectivity index (χ3v) is 4.84. The first-order valence-electron chi connectivity index (χ1n) is 8.24. The summed E-state index contributed by atoms with van der Waals surface area (Å²) in [6, 6.07) is 3.98. The zero-order valence-corrected chi connectivity index (χ0v) is 14.9. The van der Waals surface area contributed by atoms with Crippen molar-refractivity contribution < 1.29 is 22.8 Å². The third kappa shape index (κ3) is 5.04. The van der Waals surface area contributed by atoms with E-state index in [1.54, 1.807) is 16.5 Å². The van der Waals surface area contributed by atoms with E-state index in [1.165, 1.54) is 23.5 Å². The largest absolute Gasteiger partial charge is 0.416 e. The lowest BCUT2D eigenvalue weighted by Gasteiger charge is -2.22. The topological polar surface area (TPSA) is 74.3 Å². The highest BCUT2D eigenvalue weighted by molar-refractivity contribution is 7.13. The average molecular weight is 398 g/mol. The molecule has 1 saturated heterocycles. The normalized spacial score (nSPS) is 17.7. The molecule has 1 aliphatic rings. The fraction of sp³-hybridized carbons (Fsp3) is 0.353. The van der Waals surface area contributed by atoms with Gasteiger partial charge in [0.15, 0.2) is 5.13 Å². The minimum Gasteiger partial charge on any atom is -0.325 e. The van der Waals surface area contributed by atoms with Crippen LogP contribution in [0, 0.1) is 0 Å². The summed E-state index contributed by atoms with van der Waals surface area (Å²) in [6.07, 6.45) is -1.54. The first-order valence-corrected chi connectivity index (χ1v) is 9.12. The van der Waals surface area contributed by atoms with Crippen LogP contribution in [0.3, 0.4) is 0 Å². The summed E-state index contributed by atoms with van der Waals surface area (Å²) in [5.74, 6) is -0.711. The molecule has 0 radical (unpaired) electrons. The molecule has 1 atom stereocenters. The number of hydrogen-bond donors (Lipinski definition) is 2. The number of nitrogens with zero attached hydrogens (tertiary/aromatic N) is 2. The van der Waals surface area contributed by atoms with Crippen molar-refractivity contribution in [1.82, 2.24) is 9.88 Å². The minimum atomic E-state index is -4.48. The summed E-state index contributed by atoms with van der Waals surface area (Å²) in [7, 11) is 0. The summed E-state index contributed by atoms with van der Waals surface area (Å²) in [5.41, 5.74) is -0.764. The van der Waals surface area contributed by atoms with Gasteiger partial charge in [0.25, 0.3) is 0 Å². The van der Waals surface area contributed by atoms with Crippen molar-refractivity contribution in [3.8, 4) is 0 Å². The molecular weight excluding hydrogens is 381 g/mol. The van der Waals surface area contributed by atoms with Gasteiger partial charge in [-0.15, -0.1) is 11.3 Å². The Morgan fingerprint density at radius 3 is 2.81 bits per heavy atom. The van der Waals surface area contributed by atoms with Crippen molar-refractivity contribution in [2.24, 2.45) is 0 Å². The van der Waals surface area contributed by atoms with Gasteiger partial charge in [-0.2, -0.15) is 13.2 Å². The van der Waals surface area contributed by atoms with E-state index in [0.29, 0.717) is 18.1 Å². The molecule has 2 N–H and O–H groups in total. The Labute approximate surface area is 157 Å². The number of hydrogen-bond acceptors (Lipinski definition) is 5. The Balaban J connectivity index is 1.59. The molecule has 2 aromatic rings. The van der Waals surface area contributed by atoms with E-state index in [-0.39, 0.29) is 18.1 Å². The quantitative estimate of drug-likeness (QED) is 0.811. The molecule has 0 saturated carbocycles. The van der Waals surface area contributed by atoms with Crippen LogP contribution < -0.4 is 10.6 Å². The Morgan fingerprint density at radius 2 is 2.11 bits per heavy atom. The zero-order chi connectivity index (χ0) is 19.4. The molecule has 0 unspecified atom stereocenters. The number of benzene rings is 1. The maximum absolute atomic E-state index is 12.8. The number of amides is 2. The number of alkyl halides is 3. The van der Waals surface area contributed by atoms with Gasteiger partial charge in [0, 0.05) is 17.3 Å². The molecule has 1 aromatic carbocycles. The van der Waals surface area contributed by atoms with Crippen LogP contribution in [0.4, 0.5) is 24.0 Å². The minimum absolute atomic E-state index is 0.0674. The molecule has 1 aromatic heterocycles. The average Bonchev–Trinajstić information content (AvgIpc) is 3.26. The van der Waals surface area contributed by atoms with Gasteiger partial charge in [0.2, 0.25) is 11.8 Å². The number of rotatable bonds is 5. The van der Waals surface area contributed by atoms with Crippen LogP contribution in [0.1, 0.15) is 18.4 Å². The fourth-order valence-electron chi connectivity index (χ4n) is 2.94.